The fourth-order valence-electron chi connectivity index (χ4n) is 1.99. The van der Waals surface area contributed by atoms with Crippen LogP contribution in [-0.2, 0) is 17.0 Å². The molecule has 0 aliphatic rings. The fraction of sp³-hybridized carbons (Fsp3) is 0.333. The van der Waals surface area contributed by atoms with Gasteiger partial charge in [-0.15, -0.1) is 10.2 Å². The van der Waals surface area contributed by atoms with Gasteiger partial charge in [0.2, 0.25) is 0 Å². The summed E-state index contributed by atoms with van der Waals surface area (Å²) in [7, 11) is 3.29. The van der Waals surface area contributed by atoms with Gasteiger partial charge in [0.15, 0.2) is 11.0 Å². The molecule has 126 valence electrons. The summed E-state index contributed by atoms with van der Waals surface area (Å²) in [6.45, 7) is 1.31. The molecular weight excluding hydrogens is 330 g/mol. The van der Waals surface area contributed by atoms with Gasteiger partial charge < -0.3 is 18.6 Å². The maximum atomic E-state index is 5.31. The lowest BCUT2D eigenvalue weighted by Gasteiger charge is -2.03. The summed E-state index contributed by atoms with van der Waals surface area (Å²) in [5.74, 6) is 2.41. The van der Waals surface area contributed by atoms with Gasteiger partial charge >= 0.3 is 0 Å². The Bertz CT molecular complexity index is 772. The van der Waals surface area contributed by atoms with Crippen LogP contribution < -0.4 is 4.74 Å². The minimum Gasteiger partial charge on any atom is -0.497 e. The standard InChI is InChI=1S/C15H17N5O3S/c1-21-8-7-20-10-16-18-15(20)24-9-13-17-14(23-19-13)11-3-5-12(22-2)6-4-11/h3-6,10H,7-9H2,1-2H3. The SMILES string of the molecule is COCCn1cnnc1SCc1noc(-c2ccc(OC)cc2)n1. The van der Waals surface area contributed by atoms with E-state index in [4.69, 9.17) is 14.0 Å². The van der Waals surface area contributed by atoms with Gasteiger partial charge in [-0.05, 0) is 24.3 Å². The van der Waals surface area contributed by atoms with Crippen molar-refractivity contribution in [3.8, 4) is 17.2 Å². The Balaban J connectivity index is 1.63. The highest BCUT2D eigenvalue weighted by Gasteiger charge is 2.11. The molecule has 0 aliphatic heterocycles. The molecule has 9 heteroatoms. The quantitative estimate of drug-likeness (QED) is 0.574. The van der Waals surface area contributed by atoms with E-state index in [9.17, 15) is 0 Å². The smallest absolute Gasteiger partial charge is 0.257 e. The maximum Gasteiger partial charge on any atom is 0.257 e. The van der Waals surface area contributed by atoms with E-state index in [1.807, 2.05) is 28.8 Å². The number of hydrogen-bond donors (Lipinski definition) is 0. The van der Waals surface area contributed by atoms with Crippen LogP contribution in [0.4, 0.5) is 0 Å². The molecule has 8 nitrogen and oxygen atoms in total. The molecule has 1 aromatic carbocycles. The largest absolute Gasteiger partial charge is 0.497 e. The molecular formula is C15H17N5O3S. The van der Waals surface area contributed by atoms with Crippen molar-refractivity contribution < 1.29 is 14.0 Å². The van der Waals surface area contributed by atoms with Gasteiger partial charge in [0.05, 0.1) is 19.5 Å². The third-order valence-corrected chi connectivity index (χ3v) is 4.23. The molecule has 0 saturated carbocycles. The monoisotopic (exact) mass is 347 g/mol. The molecule has 0 bridgehead atoms. The summed E-state index contributed by atoms with van der Waals surface area (Å²) in [5.41, 5.74) is 0.850. The van der Waals surface area contributed by atoms with E-state index in [-0.39, 0.29) is 0 Å². The fourth-order valence-corrected chi connectivity index (χ4v) is 2.78. The zero-order chi connectivity index (χ0) is 16.8. The molecule has 0 radical (unpaired) electrons. The summed E-state index contributed by atoms with van der Waals surface area (Å²) < 4.78 is 17.4. The summed E-state index contributed by atoms with van der Waals surface area (Å²) >= 11 is 1.50. The first-order valence-corrected chi connectivity index (χ1v) is 8.25. The van der Waals surface area contributed by atoms with Crippen molar-refractivity contribution in [3.63, 3.8) is 0 Å². The minimum atomic E-state index is 0.481. The number of rotatable bonds is 8. The molecule has 0 spiro atoms. The van der Waals surface area contributed by atoms with Crippen LogP contribution >= 0.6 is 11.8 Å². The van der Waals surface area contributed by atoms with Gasteiger partial charge in [-0.1, -0.05) is 16.9 Å². The van der Waals surface area contributed by atoms with Gasteiger partial charge in [-0.25, -0.2) is 0 Å². The Hall–Kier alpha value is -2.39. The first-order chi connectivity index (χ1) is 11.8. The molecule has 24 heavy (non-hydrogen) atoms. The topological polar surface area (TPSA) is 88.1 Å². The predicted molar refractivity (Wildman–Crippen MR) is 87.7 cm³/mol. The molecule has 0 unspecified atom stereocenters. The lowest BCUT2D eigenvalue weighted by Crippen LogP contribution is -2.04. The van der Waals surface area contributed by atoms with Crippen LogP contribution in [0.25, 0.3) is 11.5 Å². The number of aromatic nitrogens is 5. The number of benzene rings is 1. The highest BCUT2D eigenvalue weighted by molar-refractivity contribution is 7.98. The first kappa shape index (κ1) is 16.5. The van der Waals surface area contributed by atoms with E-state index in [0.29, 0.717) is 30.6 Å². The van der Waals surface area contributed by atoms with Crippen molar-refractivity contribution >= 4 is 11.8 Å². The highest BCUT2D eigenvalue weighted by atomic mass is 32.2. The van der Waals surface area contributed by atoms with Gasteiger partial charge in [0.25, 0.3) is 5.89 Å². The average Bonchev–Trinajstić information content (AvgIpc) is 3.27. The molecule has 0 fully saturated rings. The second-order valence-corrected chi connectivity index (χ2v) is 5.78. The van der Waals surface area contributed by atoms with Crippen LogP contribution in [0.15, 0.2) is 40.3 Å². The summed E-state index contributed by atoms with van der Waals surface area (Å²) in [6.07, 6.45) is 1.68. The predicted octanol–water partition coefficient (Wildman–Crippen LogP) is 2.28. The van der Waals surface area contributed by atoms with E-state index < -0.39 is 0 Å². The zero-order valence-corrected chi connectivity index (χ0v) is 14.2. The van der Waals surface area contributed by atoms with Crippen molar-refractivity contribution in [1.82, 2.24) is 24.9 Å². The van der Waals surface area contributed by atoms with Crippen LogP contribution in [0.1, 0.15) is 5.82 Å². The van der Waals surface area contributed by atoms with Crippen LogP contribution in [0.5, 0.6) is 5.75 Å². The molecule has 0 aliphatic carbocycles. The van der Waals surface area contributed by atoms with Crippen molar-refractivity contribution in [3.05, 3.63) is 36.4 Å². The number of thioether (sulfide) groups is 1. The number of nitrogens with zero attached hydrogens (tertiary/aromatic N) is 5. The summed E-state index contributed by atoms with van der Waals surface area (Å²) in [4.78, 5) is 4.41. The van der Waals surface area contributed by atoms with Crippen LogP contribution in [0, 0.1) is 0 Å². The summed E-state index contributed by atoms with van der Waals surface area (Å²) in [6, 6.07) is 7.47. The highest BCUT2D eigenvalue weighted by Crippen LogP contribution is 2.23. The molecule has 2 aromatic heterocycles. The average molecular weight is 347 g/mol. The number of ether oxygens (including phenoxy) is 2. The summed E-state index contributed by atoms with van der Waals surface area (Å²) in [5, 5.41) is 12.8. The number of methoxy groups -OCH3 is 2. The Morgan fingerprint density at radius 3 is 2.79 bits per heavy atom. The van der Waals surface area contributed by atoms with Crippen molar-refractivity contribution in [2.24, 2.45) is 0 Å². The third kappa shape index (κ3) is 3.92. The molecule has 3 rings (SSSR count). The first-order valence-electron chi connectivity index (χ1n) is 7.26. The Morgan fingerprint density at radius 1 is 1.21 bits per heavy atom. The zero-order valence-electron chi connectivity index (χ0n) is 13.4. The van der Waals surface area contributed by atoms with Crippen LogP contribution in [0.2, 0.25) is 0 Å². The maximum absolute atomic E-state index is 5.31. The lowest BCUT2D eigenvalue weighted by molar-refractivity contribution is 0.184. The van der Waals surface area contributed by atoms with E-state index in [2.05, 4.69) is 20.3 Å². The van der Waals surface area contributed by atoms with Crippen LogP contribution in [0.3, 0.4) is 0 Å². The molecule has 0 atom stereocenters. The third-order valence-electron chi connectivity index (χ3n) is 3.25. The van der Waals surface area contributed by atoms with Crippen molar-refractivity contribution in [2.45, 2.75) is 17.5 Å². The second kappa shape index (κ2) is 7.93. The van der Waals surface area contributed by atoms with Gasteiger partial charge in [-0.3, -0.25) is 0 Å². The Labute approximate surface area is 143 Å². The van der Waals surface area contributed by atoms with Gasteiger partial charge in [0.1, 0.15) is 12.1 Å². The van der Waals surface area contributed by atoms with Gasteiger partial charge in [-0.2, -0.15) is 4.98 Å². The number of hydrogen-bond acceptors (Lipinski definition) is 8. The molecule has 2 heterocycles. The van der Waals surface area contributed by atoms with Gasteiger partial charge in [0, 0.05) is 19.2 Å². The minimum absolute atomic E-state index is 0.481. The van der Waals surface area contributed by atoms with Crippen LogP contribution in [-0.4, -0.2) is 45.7 Å². The molecule has 0 saturated heterocycles. The molecule has 0 amide bonds. The van der Waals surface area contributed by atoms with E-state index in [0.717, 1.165) is 16.5 Å². The van der Waals surface area contributed by atoms with Crippen molar-refractivity contribution in [2.75, 3.05) is 20.8 Å². The van der Waals surface area contributed by atoms with Crippen molar-refractivity contribution in [1.29, 1.82) is 0 Å². The molecule has 0 N–H and O–H groups in total. The normalized spacial score (nSPS) is 10.9. The van der Waals surface area contributed by atoms with E-state index in [1.165, 1.54) is 11.8 Å². The Morgan fingerprint density at radius 2 is 2.04 bits per heavy atom. The lowest BCUT2D eigenvalue weighted by atomic mass is 10.2. The van der Waals surface area contributed by atoms with E-state index in [1.54, 1.807) is 20.5 Å². The van der Waals surface area contributed by atoms with E-state index >= 15 is 0 Å². The Kier molecular flexibility index (Phi) is 5.44. The molecule has 3 aromatic rings. The second-order valence-electron chi connectivity index (χ2n) is 4.83.